The van der Waals surface area contributed by atoms with Crippen molar-refractivity contribution in [2.75, 3.05) is 20.2 Å². The van der Waals surface area contributed by atoms with Gasteiger partial charge in [0.05, 0.1) is 13.7 Å². The highest BCUT2D eigenvalue weighted by Crippen LogP contribution is 2.30. The van der Waals surface area contributed by atoms with E-state index in [4.69, 9.17) is 9.47 Å². The van der Waals surface area contributed by atoms with Gasteiger partial charge in [-0.05, 0) is 44.9 Å². The lowest BCUT2D eigenvalue weighted by atomic mass is 10.1. The first-order valence-electron chi connectivity index (χ1n) is 8.62. The second-order valence-electron chi connectivity index (χ2n) is 6.44. The van der Waals surface area contributed by atoms with Crippen LogP contribution < -0.4 is 9.47 Å². The minimum absolute atomic E-state index is 0.112. The van der Waals surface area contributed by atoms with E-state index in [9.17, 15) is 12.8 Å². The van der Waals surface area contributed by atoms with Crippen molar-refractivity contribution in [3.63, 3.8) is 0 Å². The molecule has 1 unspecified atom stereocenters. The SMILES string of the molecule is COc1ccc(F)cc1S(=O)(=O)N1CCCC(Oc2cc(C)nc(C)n2)C1. The standard InChI is InChI=1S/C18H22FN3O4S/c1-12-9-18(21-13(2)20-12)26-15-5-4-8-22(11-15)27(23,24)17-10-14(19)6-7-16(17)25-3/h6-7,9-10,15H,4-5,8,11H2,1-3H3. The number of rotatable bonds is 5. The summed E-state index contributed by atoms with van der Waals surface area (Å²) >= 11 is 0. The third kappa shape index (κ3) is 4.36. The zero-order chi connectivity index (χ0) is 19.6. The lowest BCUT2D eigenvalue weighted by Crippen LogP contribution is -2.44. The Kier molecular flexibility index (Phi) is 5.61. The van der Waals surface area contributed by atoms with Crippen LogP contribution in [0.3, 0.4) is 0 Å². The van der Waals surface area contributed by atoms with Gasteiger partial charge in [-0.25, -0.2) is 17.8 Å². The molecule has 1 aromatic carbocycles. The summed E-state index contributed by atoms with van der Waals surface area (Å²) in [6.07, 6.45) is 0.987. The summed E-state index contributed by atoms with van der Waals surface area (Å²) in [6.45, 7) is 4.11. The summed E-state index contributed by atoms with van der Waals surface area (Å²) in [5.74, 6) is 0.495. The van der Waals surface area contributed by atoms with Crippen LogP contribution in [0.4, 0.5) is 4.39 Å². The van der Waals surface area contributed by atoms with Crippen molar-refractivity contribution in [2.24, 2.45) is 0 Å². The van der Waals surface area contributed by atoms with Crippen LogP contribution in [0.15, 0.2) is 29.2 Å². The van der Waals surface area contributed by atoms with E-state index in [1.54, 1.807) is 13.0 Å². The second-order valence-corrected chi connectivity index (χ2v) is 8.34. The van der Waals surface area contributed by atoms with Crippen molar-refractivity contribution in [3.05, 3.63) is 41.6 Å². The Morgan fingerprint density at radius 2 is 2.00 bits per heavy atom. The van der Waals surface area contributed by atoms with E-state index in [1.165, 1.54) is 23.5 Å². The second kappa shape index (κ2) is 7.77. The molecule has 0 saturated carbocycles. The Hall–Kier alpha value is -2.26. The van der Waals surface area contributed by atoms with E-state index in [2.05, 4.69) is 9.97 Å². The molecule has 0 amide bonds. The van der Waals surface area contributed by atoms with Crippen LogP contribution >= 0.6 is 0 Å². The number of methoxy groups -OCH3 is 1. The van der Waals surface area contributed by atoms with Crippen LogP contribution in [0.5, 0.6) is 11.6 Å². The van der Waals surface area contributed by atoms with Gasteiger partial charge in [-0.2, -0.15) is 9.29 Å². The molecule has 0 N–H and O–H groups in total. The van der Waals surface area contributed by atoms with E-state index in [0.29, 0.717) is 31.1 Å². The van der Waals surface area contributed by atoms with E-state index >= 15 is 0 Å². The fourth-order valence-corrected chi connectivity index (χ4v) is 4.80. The minimum Gasteiger partial charge on any atom is -0.495 e. The van der Waals surface area contributed by atoms with Gasteiger partial charge in [0, 0.05) is 18.3 Å². The summed E-state index contributed by atoms with van der Waals surface area (Å²) in [7, 11) is -2.56. The molecule has 0 radical (unpaired) electrons. The van der Waals surface area contributed by atoms with Gasteiger partial charge in [-0.15, -0.1) is 0 Å². The average Bonchev–Trinajstić information content (AvgIpc) is 2.61. The molecule has 27 heavy (non-hydrogen) atoms. The molecule has 3 rings (SSSR count). The van der Waals surface area contributed by atoms with Gasteiger partial charge in [0.2, 0.25) is 15.9 Å². The van der Waals surface area contributed by atoms with Gasteiger partial charge in [0.25, 0.3) is 0 Å². The van der Waals surface area contributed by atoms with Gasteiger partial charge in [0.1, 0.15) is 28.4 Å². The molecule has 1 aliphatic rings. The molecule has 1 fully saturated rings. The van der Waals surface area contributed by atoms with Crippen LogP contribution in [-0.2, 0) is 10.0 Å². The topological polar surface area (TPSA) is 81.6 Å². The van der Waals surface area contributed by atoms with E-state index < -0.39 is 15.8 Å². The largest absolute Gasteiger partial charge is 0.495 e. The van der Waals surface area contributed by atoms with Crippen LogP contribution in [-0.4, -0.2) is 49.0 Å². The first kappa shape index (κ1) is 19.5. The van der Waals surface area contributed by atoms with E-state index in [1.807, 2.05) is 6.92 Å². The summed E-state index contributed by atoms with van der Waals surface area (Å²) in [4.78, 5) is 8.26. The maximum Gasteiger partial charge on any atom is 0.246 e. The molecule has 1 saturated heterocycles. The quantitative estimate of drug-likeness (QED) is 0.774. The Morgan fingerprint density at radius 1 is 1.22 bits per heavy atom. The summed E-state index contributed by atoms with van der Waals surface area (Å²) in [6, 6.07) is 5.18. The fourth-order valence-electron chi connectivity index (χ4n) is 3.12. The number of hydrogen-bond acceptors (Lipinski definition) is 6. The van der Waals surface area contributed by atoms with E-state index in [-0.39, 0.29) is 23.3 Å². The Balaban J connectivity index is 1.82. The molecule has 2 aromatic rings. The molecule has 1 aliphatic heterocycles. The lowest BCUT2D eigenvalue weighted by Gasteiger charge is -2.32. The zero-order valence-corrected chi connectivity index (χ0v) is 16.3. The normalized spacial score (nSPS) is 18.3. The predicted octanol–water partition coefficient (Wildman–Crippen LogP) is 2.47. The lowest BCUT2D eigenvalue weighted by molar-refractivity contribution is 0.124. The molecular weight excluding hydrogens is 373 g/mol. The van der Waals surface area contributed by atoms with Gasteiger partial charge in [-0.3, -0.25) is 0 Å². The summed E-state index contributed by atoms with van der Waals surface area (Å²) in [5, 5.41) is 0. The number of piperidine rings is 1. The number of hydrogen-bond donors (Lipinski definition) is 0. The van der Waals surface area contributed by atoms with Crippen LogP contribution in [0.2, 0.25) is 0 Å². The van der Waals surface area contributed by atoms with Crippen molar-refractivity contribution in [3.8, 4) is 11.6 Å². The van der Waals surface area contributed by atoms with Crippen LogP contribution in [0.1, 0.15) is 24.4 Å². The highest BCUT2D eigenvalue weighted by Gasteiger charge is 2.33. The van der Waals surface area contributed by atoms with Crippen molar-refractivity contribution in [1.29, 1.82) is 0 Å². The fraction of sp³-hybridized carbons (Fsp3) is 0.444. The van der Waals surface area contributed by atoms with Crippen LogP contribution in [0.25, 0.3) is 0 Å². The Labute approximate surface area is 158 Å². The number of aromatic nitrogens is 2. The highest BCUT2D eigenvalue weighted by molar-refractivity contribution is 7.89. The number of nitrogens with zero attached hydrogens (tertiary/aromatic N) is 3. The predicted molar refractivity (Wildman–Crippen MR) is 96.9 cm³/mol. The van der Waals surface area contributed by atoms with Gasteiger partial charge in [-0.1, -0.05) is 0 Å². The van der Waals surface area contributed by atoms with Gasteiger partial charge in [0.15, 0.2) is 0 Å². The smallest absolute Gasteiger partial charge is 0.246 e. The van der Waals surface area contributed by atoms with Crippen molar-refractivity contribution < 1.29 is 22.3 Å². The maximum absolute atomic E-state index is 13.6. The minimum atomic E-state index is -3.91. The number of halogens is 1. The Bertz CT molecular complexity index is 916. The monoisotopic (exact) mass is 395 g/mol. The Morgan fingerprint density at radius 3 is 2.70 bits per heavy atom. The first-order valence-corrected chi connectivity index (χ1v) is 10.1. The molecule has 146 valence electrons. The number of benzene rings is 1. The first-order chi connectivity index (χ1) is 12.8. The third-order valence-electron chi connectivity index (χ3n) is 4.31. The van der Waals surface area contributed by atoms with Crippen molar-refractivity contribution in [1.82, 2.24) is 14.3 Å². The van der Waals surface area contributed by atoms with Gasteiger partial charge < -0.3 is 9.47 Å². The molecule has 7 nitrogen and oxygen atoms in total. The highest BCUT2D eigenvalue weighted by atomic mass is 32.2. The molecule has 1 atom stereocenters. The van der Waals surface area contributed by atoms with Gasteiger partial charge >= 0.3 is 0 Å². The number of ether oxygens (including phenoxy) is 2. The molecule has 0 spiro atoms. The summed E-state index contributed by atoms with van der Waals surface area (Å²) < 4.78 is 52.0. The molecule has 2 heterocycles. The third-order valence-corrected chi connectivity index (χ3v) is 6.20. The summed E-state index contributed by atoms with van der Waals surface area (Å²) in [5.41, 5.74) is 0.780. The van der Waals surface area contributed by atoms with Crippen LogP contribution in [0, 0.1) is 19.7 Å². The number of aryl methyl sites for hydroxylation is 2. The molecule has 1 aromatic heterocycles. The molecule has 9 heteroatoms. The molecule has 0 bridgehead atoms. The molecule has 0 aliphatic carbocycles. The average molecular weight is 395 g/mol. The number of sulfonamides is 1. The van der Waals surface area contributed by atoms with E-state index in [0.717, 1.165) is 11.8 Å². The zero-order valence-electron chi connectivity index (χ0n) is 15.5. The molecular formula is C18H22FN3O4S. The maximum atomic E-state index is 13.6. The van der Waals surface area contributed by atoms with Crippen molar-refractivity contribution in [2.45, 2.75) is 37.7 Å². The van der Waals surface area contributed by atoms with Crippen molar-refractivity contribution >= 4 is 10.0 Å².